The molecule has 0 bridgehead atoms. The summed E-state index contributed by atoms with van der Waals surface area (Å²) in [5.74, 6) is -0.852. The fourth-order valence-electron chi connectivity index (χ4n) is 2.86. The maximum Gasteiger partial charge on any atom is 0.286 e. The Kier molecular flexibility index (Phi) is 5.89. The molecular formula is C17H19FN4O3S. The Morgan fingerprint density at radius 3 is 3.04 bits per heavy atom. The second-order valence-corrected chi connectivity index (χ2v) is 7.03. The minimum absolute atomic E-state index is 0.0502. The third-order valence-corrected chi connectivity index (χ3v) is 5.19. The van der Waals surface area contributed by atoms with Crippen LogP contribution in [0.2, 0.25) is 0 Å². The van der Waals surface area contributed by atoms with E-state index in [1.165, 1.54) is 36.6 Å². The number of anilines is 1. The van der Waals surface area contributed by atoms with Crippen molar-refractivity contribution in [1.82, 2.24) is 15.1 Å². The number of carbonyl (C=O) groups excluding carboxylic acids is 2. The summed E-state index contributed by atoms with van der Waals surface area (Å²) in [6, 6.07) is 5.66. The maximum absolute atomic E-state index is 13.2. The van der Waals surface area contributed by atoms with Gasteiger partial charge in [0.25, 0.3) is 5.91 Å². The van der Waals surface area contributed by atoms with Gasteiger partial charge >= 0.3 is 0 Å². The number of aromatic nitrogens is 2. The Morgan fingerprint density at radius 1 is 1.42 bits per heavy atom. The van der Waals surface area contributed by atoms with Gasteiger partial charge in [-0.1, -0.05) is 17.4 Å². The van der Waals surface area contributed by atoms with Crippen molar-refractivity contribution in [1.29, 1.82) is 0 Å². The first-order valence-corrected chi connectivity index (χ1v) is 9.05. The fourth-order valence-corrected chi connectivity index (χ4v) is 3.73. The van der Waals surface area contributed by atoms with E-state index in [0.29, 0.717) is 18.8 Å². The monoisotopic (exact) mass is 378 g/mol. The van der Waals surface area contributed by atoms with Crippen molar-refractivity contribution in [3.63, 3.8) is 0 Å². The van der Waals surface area contributed by atoms with Gasteiger partial charge in [0, 0.05) is 31.8 Å². The highest BCUT2D eigenvalue weighted by molar-refractivity contribution is 7.13. The van der Waals surface area contributed by atoms with Crippen LogP contribution in [0, 0.1) is 5.82 Å². The molecule has 0 saturated carbocycles. The topological polar surface area (TPSA) is 84.4 Å². The predicted molar refractivity (Wildman–Crippen MR) is 94.7 cm³/mol. The van der Waals surface area contributed by atoms with Crippen LogP contribution in [-0.2, 0) is 9.53 Å². The lowest BCUT2D eigenvalue weighted by Gasteiger charge is -2.31. The number of nitrogens with one attached hydrogen (secondary N) is 1. The SMILES string of the molecule is COCC(=O)N1CCC[C@H](c2nnc(C(=O)Nc3cccc(F)c3)s2)C1. The molecule has 3 rings (SSSR count). The zero-order valence-electron chi connectivity index (χ0n) is 14.3. The molecule has 1 fully saturated rings. The third kappa shape index (κ3) is 4.41. The van der Waals surface area contributed by atoms with Gasteiger partial charge in [0.2, 0.25) is 10.9 Å². The van der Waals surface area contributed by atoms with Gasteiger partial charge in [0.1, 0.15) is 17.4 Å². The number of piperidine rings is 1. The normalized spacial score (nSPS) is 17.2. The second-order valence-electron chi connectivity index (χ2n) is 6.02. The van der Waals surface area contributed by atoms with Gasteiger partial charge in [-0.05, 0) is 31.0 Å². The first-order chi connectivity index (χ1) is 12.6. The van der Waals surface area contributed by atoms with Crippen LogP contribution in [0.25, 0.3) is 0 Å². The van der Waals surface area contributed by atoms with Crippen LogP contribution >= 0.6 is 11.3 Å². The summed E-state index contributed by atoms with van der Waals surface area (Å²) >= 11 is 1.20. The molecule has 26 heavy (non-hydrogen) atoms. The van der Waals surface area contributed by atoms with Crippen LogP contribution in [0.4, 0.5) is 10.1 Å². The van der Waals surface area contributed by atoms with E-state index in [2.05, 4.69) is 15.5 Å². The number of ether oxygens (including phenoxy) is 1. The van der Waals surface area contributed by atoms with Gasteiger partial charge in [-0.2, -0.15) is 0 Å². The zero-order chi connectivity index (χ0) is 18.5. The molecule has 1 aliphatic heterocycles. The van der Waals surface area contributed by atoms with E-state index in [0.717, 1.165) is 17.8 Å². The van der Waals surface area contributed by atoms with Crippen molar-refractivity contribution >= 4 is 28.8 Å². The predicted octanol–water partition coefficient (Wildman–Crippen LogP) is 2.28. The summed E-state index contributed by atoms with van der Waals surface area (Å²) in [5, 5.41) is 11.6. The molecule has 0 aliphatic carbocycles. The number of carbonyl (C=O) groups is 2. The van der Waals surface area contributed by atoms with Gasteiger partial charge in [-0.25, -0.2) is 4.39 Å². The largest absolute Gasteiger partial charge is 0.375 e. The van der Waals surface area contributed by atoms with E-state index in [9.17, 15) is 14.0 Å². The van der Waals surface area contributed by atoms with Crippen molar-refractivity contribution in [2.45, 2.75) is 18.8 Å². The number of benzene rings is 1. The second kappa shape index (κ2) is 8.33. The minimum Gasteiger partial charge on any atom is -0.375 e. The number of methoxy groups -OCH3 is 1. The lowest BCUT2D eigenvalue weighted by atomic mass is 9.99. The third-order valence-electron chi connectivity index (χ3n) is 4.11. The van der Waals surface area contributed by atoms with Gasteiger partial charge in [-0.15, -0.1) is 10.2 Å². The quantitative estimate of drug-likeness (QED) is 0.863. The Morgan fingerprint density at radius 2 is 2.27 bits per heavy atom. The molecular weight excluding hydrogens is 359 g/mol. The van der Waals surface area contributed by atoms with Crippen LogP contribution in [-0.4, -0.2) is 53.7 Å². The summed E-state index contributed by atoms with van der Waals surface area (Å²) in [4.78, 5) is 26.0. The molecule has 0 unspecified atom stereocenters. The molecule has 9 heteroatoms. The molecule has 1 aromatic heterocycles. The number of nitrogens with zero attached hydrogens (tertiary/aromatic N) is 3. The van der Waals surface area contributed by atoms with E-state index < -0.39 is 11.7 Å². The van der Waals surface area contributed by atoms with Crippen molar-refractivity contribution in [3.05, 3.63) is 40.1 Å². The first-order valence-electron chi connectivity index (χ1n) is 8.24. The lowest BCUT2D eigenvalue weighted by molar-refractivity contribution is -0.136. The first kappa shape index (κ1) is 18.4. The van der Waals surface area contributed by atoms with E-state index in [1.54, 1.807) is 11.0 Å². The van der Waals surface area contributed by atoms with Gasteiger partial charge in [0.15, 0.2) is 0 Å². The number of hydrogen-bond donors (Lipinski definition) is 1. The molecule has 0 radical (unpaired) electrons. The molecule has 1 aliphatic rings. The van der Waals surface area contributed by atoms with Crippen molar-refractivity contribution in [2.75, 3.05) is 32.1 Å². The molecule has 7 nitrogen and oxygen atoms in total. The number of hydrogen-bond acceptors (Lipinski definition) is 6. The molecule has 0 spiro atoms. The van der Waals surface area contributed by atoms with Crippen molar-refractivity contribution in [3.8, 4) is 0 Å². The van der Waals surface area contributed by atoms with Gasteiger partial charge in [-0.3, -0.25) is 9.59 Å². The summed E-state index contributed by atoms with van der Waals surface area (Å²) < 4.78 is 18.1. The molecule has 1 saturated heterocycles. The van der Waals surface area contributed by atoms with Crippen LogP contribution < -0.4 is 5.32 Å². The highest BCUT2D eigenvalue weighted by Gasteiger charge is 2.28. The van der Waals surface area contributed by atoms with E-state index in [4.69, 9.17) is 4.74 Å². The maximum atomic E-state index is 13.2. The molecule has 1 N–H and O–H groups in total. The highest BCUT2D eigenvalue weighted by Crippen LogP contribution is 2.29. The summed E-state index contributed by atoms with van der Waals surface area (Å²) in [6.45, 7) is 1.30. The Labute approximate surface area is 154 Å². The fraction of sp³-hybridized carbons (Fsp3) is 0.412. The molecule has 2 aromatic rings. The summed E-state index contributed by atoms with van der Waals surface area (Å²) in [6.07, 6.45) is 1.75. The number of halogens is 1. The standard InChI is InChI=1S/C17H19FN4O3S/c1-25-10-14(23)22-7-3-4-11(9-22)16-20-21-17(26-16)15(24)19-13-6-2-5-12(18)8-13/h2,5-6,8,11H,3-4,7,9-10H2,1H3,(H,19,24)/t11-/m0/s1. The van der Waals surface area contributed by atoms with Crippen LogP contribution in [0.15, 0.2) is 24.3 Å². The molecule has 2 heterocycles. The van der Waals surface area contributed by atoms with E-state index in [1.807, 2.05) is 0 Å². The minimum atomic E-state index is -0.428. The van der Waals surface area contributed by atoms with Crippen LogP contribution in [0.5, 0.6) is 0 Å². The average molecular weight is 378 g/mol. The zero-order valence-corrected chi connectivity index (χ0v) is 15.1. The van der Waals surface area contributed by atoms with Crippen molar-refractivity contribution < 1.29 is 18.7 Å². The molecule has 1 atom stereocenters. The van der Waals surface area contributed by atoms with Gasteiger partial charge in [0.05, 0.1) is 0 Å². The molecule has 1 aromatic carbocycles. The highest BCUT2D eigenvalue weighted by atomic mass is 32.1. The number of amides is 2. The lowest BCUT2D eigenvalue weighted by Crippen LogP contribution is -2.40. The number of likely N-dealkylation sites (tertiary alicyclic amines) is 1. The molecule has 138 valence electrons. The molecule has 2 amide bonds. The smallest absolute Gasteiger partial charge is 0.286 e. The summed E-state index contributed by atoms with van der Waals surface area (Å²) in [5.41, 5.74) is 0.362. The van der Waals surface area contributed by atoms with E-state index >= 15 is 0 Å². The van der Waals surface area contributed by atoms with E-state index in [-0.39, 0.29) is 23.4 Å². The Balaban J connectivity index is 1.65. The number of rotatable bonds is 5. The van der Waals surface area contributed by atoms with Crippen LogP contribution in [0.3, 0.4) is 0 Å². The van der Waals surface area contributed by atoms with Crippen LogP contribution in [0.1, 0.15) is 33.6 Å². The Bertz CT molecular complexity index is 798. The average Bonchev–Trinajstić information content (AvgIpc) is 3.12. The van der Waals surface area contributed by atoms with Gasteiger partial charge < -0.3 is 15.0 Å². The van der Waals surface area contributed by atoms with Crippen molar-refractivity contribution in [2.24, 2.45) is 0 Å². The summed E-state index contributed by atoms with van der Waals surface area (Å²) in [7, 11) is 1.49. The Hall–Kier alpha value is -2.39.